The van der Waals surface area contributed by atoms with Gasteiger partial charge in [-0.1, -0.05) is 6.92 Å². The summed E-state index contributed by atoms with van der Waals surface area (Å²) in [5.74, 6) is -0.00658. The molecule has 0 atom stereocenters. The molecule has 0 fully saturated rings. The predicted octanol–water partition coefficient (Wildman–Crippen LogP) is 3.00. The van der Waals surface area contributed by atoms with Gasteiger partial charge in [-0.2, -0.15) is 0 Å². The average Bonchev–Trinajstić information content (AvgIpc) is 2.59. The molecule has 16 heavy (non-hydrogen) atoms. The normalized spacial score (nSPS) is 10.4. The zero-order valence-corrected chi connectivity index (χ0v) is 13.0. The second-order valence-corrected chi connectivity index (χ2v) is 6.42. The molecule has 0 radical (unpaired) electrons. The Hall–Kier alpha value is 0.0900. The SMILES string of the molecule is CCNCCCNC(=O)c1cc(Br)c(Br)s1. The molecule has 1 rings (SSSR count). The molecule has 0 saturated heterocycles. The number of amides is 1. The number of hydrogen-bond donors (Lipinski definition) is 2. The molecule has 0 unspecified atom stereocenters. The molecule has 2 N–H and O–H groups in total. The highest BCUT2D eigenvalue weighted by molar-refractivity contribution is 9.13. The summed E-state index contributed by atoms with van der Waals surface area (Å²) in [4.78, 5) is 12.4. The number of carbonyl (C=O) groups excluding carboxylic acids is 1. The Morgan fingerprint density at radius 1 is 1.44 bits per heavy atom. The summed E-state index contributed by atoms with van der Waals surface area (Å²) in [6, 6.07) is 1.83. The summed E-state index contributed by atoms with van der Waals surface area (Å²) in [5.41, 5.74) is 0. The second kappa shape index (κ2) is 7.42. The van der Waals surface area contributed by atoms with Crippen LogP contribution in [0.15, 0.2) is 14.3 Å². The molecule has 0 aliphatic rings. The van der Waals surface area contributed by atoms with Gasteiger partial charge < -0.3 is 10.6 Å². The lowest BCUT2D eigenvalue weighted by molar-refractivity contribution is 0.0957. The number of rotatable bonds is 6. The van der Waals surface area contributed by atoms with Crippen molar-refractivity contribution in [2.45, 2.75) is 13.3 Å². The Balaban J connectivity index is 2.30. The predicted molar refractivity (Wildman–Crippen MR) is 75.2 cm³/mol. The summed E-state index contributed by atoms with van der Waals surface area (Å²) in [7, 11) is 0. The van der Waals surface area contributed by atoms with E-state index in [1.807, 2.05) is 6.07 Å². The monoisotopic (exact) mass is 368 g/mol. The molecule has 3 nitrogen and oxygen atoms in total. The van der Waals surface area contributed by atoms with Crippen LogP contribution >= 0.6 is 43.2 Å². The third kappa shape index (κ3) is 4.53. The summed E-state index contributed by atoms with van der Waals surface area (Å²) in [5, 5.41) is 6.10. The zero-order valence-electron chi connectivity index (χ0n) is 8.98. The van der Waals surface area contributed by atoms with Crippen molar-refractivity contribution in [3.8, 4) is 0 Å². The van der Waals surface area contributed by atoms with Crippen LogP contribution in [0.1, 0.15) is 23.0 Å². The highest BCUT2D eigenvalue weighted by Gasteiger charge is 2.10. The molecule has 1 amide bonds. The minimum absolute atomic E-state index is 0.00658. The van der Waals surface area contributed by atoms with Crippen LogP contribution in [-0.2, 0) is 0 Å². The Bertz CT molecular complexity index is 335. The van der Waals surface area contributed by atoms with Crippen LogP contribution in [0.3, 0.4) is 0 Å². The minimum Gasteiger partial charge on any atom is -0.351 e. The number of carbonyl (C=O) groups is 1. The molecule has 0 spiro atoms. The molecule has 0 aliphatic carbocycles. The third-order valence-electron chi connectivity index (χ3n) is 1.93. The van der Waals surface area contributed by atoms with Gasteiger partial charge in [0.2, 0.25) is 0 Å². The van der Waals surface area contributed by atoms with Gasteiger partial charge in [0.1, 0.15) is 0 Å². The van der Waals surface area contributed by atoms with E-state index in [1.165, 1.54) is 11.3 Å². The molecular weight excluding hydrogens is 356 g/mol. The molecule has 1 heterocycles. The highest BCUT2D eigenvalue weighted by atomic mass is 79.9. The molecule has 6 heteroatoms. The van der Waals surface area contributed by atoms with Crippen LogP contribution in [0.2, 0.25) is 0 Å². The van der Waals surface area contributed by atoms with Crippen LogP contribution in [0.25, 0.3) is 0 Å². The lowest BCUT2D eigenvalue weighted by atomic mass is 10.4. The molecular formula is C10H14Br2N2OS. The Labute approximate surface area is 116 Å². The first-order valence-electron chi connectivity index (χ1n) is 5.09. The molecule has 0 aliphatic heterocycles. The van der Waals surface area contributed by atoms with Crippen LogP contribution in [-0.4, -0.2) is 25.5 Å². The molecule has 90 valence electrons. The summed E-state index contributed by atoms with van der Waals surface area (Å²) < 4.78 is 1.88. The fraction of sp³-hybridized carbons (Fsp3) is 0.500. The van der Waals surface area contributed by atoms with E-state index in [-0.39, 0.29) is 5.91 Å². The van der Waals surface area contributed by atoms with Crippen molar-refractivity contribution >= 4 is 49.1 Å². The van der Waals surface area contributed by atoms with E-state index in [2.05, 4.69) is 49.4 Å². The van der Waals surface area contributed by atoms with Crippen LogP contribution in [0, 0.1) is 0 Å². The van der Waals surface area contributed by atoms with Gasteiger partial charge in [-0.3, -0.25) is 4.79 Å². The van der Waals surface area contributed by atoms with Gasteiger partial charge >= 0.3 is 0 Å². The third-order valence-corrected chi connectivity index (χ3v) is 5.19. The largest absolute Gasteiger partial charge is 0.351 e. The first-order chi connectivity index (χ1) is 7.65. The Kier molecular flexibility index (Phi) is 6.57. The number of thiophene rings is 1. The Morgan fingerprint density at radius 3 is 2.75 bits per heavy atom. The van der Waals surface area contributed by atoms with Crippen LogP contribution < -0.4 is 10.6 Å². The van der Waals surface area contributed by atoms with Crippen molar-refractivity contribution in [2.75, 3.05) is 19.6 Å². The standard InChI is InChI=1S/C10H14Br2N2OS/c1-2-13-4-3-5-14-10(15)8-6-7(11)9(12)16-8/h6,13H,2-5H2,1H3,(H,14,15). The smallest absolute Gasteiger partial charge is 0.261 e. The van der Waals surface area contributed by atoms with E-state index < -0.39 is 0 Å². The number of nitrogens with one attached hydrogen (secondary N) is 2. The summed E-state index contributed by atoms with van der Waals surface area (Å²) >= 11 is 8.16. The van der Waals surface area contributed by atoms with Gasteiger partial charge in [-0.25, -0.2) is 0 Å². The second-order valence-electron chi connectivity index (χ2n) is 3.20. The van der Waals surface area contributed by atoms with E-state index in [0.717, 1.165) is 32.6 Å². The quantitative estimate of drug-likeness (QED) is 0.757. The molecule has 0 bridgehead atoms. The van der Waals surface area contributed by atoms with Crippen molar-refractivity contribution in [3.05, 3.63) is 19.2 Å². The molecule has 1 aromatic heterocycles. The van der Waals surface area contributed by atoms with Gasteiger partial charge in [0.25, 0.3) is 5.91 Å². The van der Waals surface area contributed by atoms with Crippen LogP contribution in [0.4, 0.5) is 0 Å². The van der Waals surface area contributed by atoms with Crippen molar-refractivity contribution < 1.29 is 4.79 Å². The molecule has 1 aromatic rings. The van der Waals surface area contributed by atoms with Gasteiger partial charge in [0.05, 0.1) is 8.66 Å². The van der Waals surface area contributed by atoms with Crippen LogP contribution in [0.5, 0.6) is 0 Å². The van der Waals surface area contributed by atoms with Crippen molar-refractivity contribution in [2.24, 2.45) is 0 Å². The Morgan fingerprint density at radius 2 is 2.19 bits per heavy atom. The van der Waals surface area contributed by atoms with E-state index in [4.69, 9.17) is 0 Å². The van der Waals surface area contributed by atoms with Crippen molar-refractivity contribution in [1.82, 2.24) is 10.6 Å². The fourth-order valence-electron chi connectivity index (χ4n) is 1.14. The maximum atomic E-state index is 11.7. The van der Waals surface area contributed by atoms with Crippen molar-refractivity contribution in [1.29, 1.82) is 0 Å². The first kappa shape index (κ1) is 14.2. The number of halogens is 2. The first-order valence-corrected chi connectivity index (χ1v) is 7.49. The van der Waals surface area contributed by atoms with E-state index >= 15 is 0 Å². The zero-order chi connectivity index (χ0) is 12.0. The van der Waals surface area contributed by atoms with E-state index in [9.17, 15) is 4.79 Å². The topological polar surface area (TPSA) is 41.1 Å². The molecule has 0 saturated carbocycles. The highest BCUT2D eigenvalue weighted by Crippen LogP contribution is 2.32. The summed E-state index contributed by atoms with van der Waals surface area (Å²) in [6.45, 7) is 4.69. The van der Waals surface area contributed by atoms with Gasteiger partial charge in [0, 0.05) is 11.0 Å². The van der Waals surface area contributed by atoms with E-state index in [0.29, 0.717) is 6.54 Å². The van der Waals surface area contributed by atoms with E-state index in [1.54, 1.807) is 0 Å². The van der Waals surface area contributed by atoms with Crippen molar-refractivity contribution in [3.63, 3.8) is 0 Å². The lowest BCUT2D eigenvalue weighted by Crippen LogP contribution is -2.26. The molecule has 0 aromatic carbocycles. The van der Waals surface area contributed by atoms with Gasteiger partial charge in [0.15, 0.2) is 0 Å². The lowest BCUT2D eigenvalue weighted by Gasteiger charge is -2.03. The van der Waals surface area contributed by atoms with Gasteiger partial charge in [-0.15, -0.1) is 11.3 Å². The minimum atomic E-state index is -0.00658. The van der Waals surface area contributed by atoms with Gasteiger partial charge in [-0.05, 0) is 57.4 Å². The maximum Gasteiger partial charge on any atom is 0.261 e. The fourth-order valence-corrected chi connectivity index (χ4v) is 3.09. The maximum absolute atomic E-state index is 11.7. The average molecular weight is 370 g/mol. The number of hydrogen-bond acceptors (Lipinski definition) is 3. The summed E-state index contributed by atoms with van der Waals surface area (Å²) in [6.07, 6.45) is 0.952.